The predicted octanol–water partition coefficient (Wildman–Crippen LogP) is 2.89. The van der Waals surface area contributed by atoms with E-state index in [4.69, 9.17) is 10.1 Å². The lowest BCUT2D eigenvalue weighted by Gasteiger charge is -2.32. The van der Waals surface area contributed by atoms with Crippen LogP contribution in [0.5, 0.6) is 0 Å². The maximum atomic E-state index is 11.1. The summed E-state index contributed by atoms with van der Waals surface area (Å²) in [6, 6.07) is 8.24. The van der Waals surface area contributed by atoms with Gasteiger partial charge in [0.25, 0.3) is 0 Å². The number of fused-ring (bicyclic) bond motifs is 1. The summed E-state index contributed by atoms with van der Waals surface area (Å²) in [6.45, 7) is 3.49. The summed E-state index contributed by atoms with van der Waals surface area (Å²) in [5.74, 6) is 0.0651. The van der Waals surface area contributed by atoms with Crippen molar-refractivity contribution in [2.24, 2.45) is 5.92 Å². The third-order valence-corrected chi connectivity index (χ3v) is 4.47. The van der Waals surface area contributed by atoms with E-state index < -0.39 is 5.97 Å². The lowest BCUT2D eigenvalue weighted by Crippen LogP contribution is -2.37. The highest BCUT2D eigenvalue weighted by molar-refractivity contribution is 6.01. The van der Waals surface area contributed by atoms with E-state index in [1.165, 1.54) is 0 Å². The van der Waals surface area contributed by atoms with Crippen molar-refractivity contribution in [2.45, 2.75) is 19.8 Å². The third kappa shape index (κ3) is 2.47. The van der Waals surface area contributed by atoms with Crippen molar-refractivity contribution >= 4 is 28.2 Å². The zero-order valence-corrected chi connectivity index (χ0v) is 13.0. The molecule has 1 aromatic heterocycles. The number of benzene rings is 1. The van der Waals surface area contributed by atoms with Gasteiger partial charge in [0, 0.05) is 30.9 Å². The fraction of sp³-hybridized carbons (Fsp3) is 0.412. The number of anilines is 2. The Morgan fingerprint density at radius 2 is 1.91 bits per heavy atom. The second kappa shape index (κ2) is 5.83. The molecule has 0 aliphatic carbocycles. The maximum absolute atomic E-state index is 11.1. The predicted molar refractivity (Wildman–Crippen MR) is 88.6 cm³/mol. The first-order chi connectivity index (χ1) is 10.6. The monoisotopic (exact) mass is 299 g/mol. The van der Waals surface area contributed by atoms with Crippen molar-refractivity contribution in [1.82, 2.24) is 4.98 Å². The van der Waals surface area contributed by atoms with E-state index in [0.29, 0.717) is 12.8 Å². The second-order valence-electron chi connectivity index (χ2n) is 5.79. The van der Waals surface area contributed by atoms with Crippen LogP contribution in [0.1, 0.15) is 18.5 Å². The molecule has 0 unspecified atom stereocenters. The van der Waals surface area contributed by atoms with Crippen LogP contribution in [0.15, 0.2) is 24.3 Å². The molecule has 2 N–H and O–H groups in total. The van der Waals surface area contributed by atoms with Crippen LogP contribution in [0.4, 0.5) is 11.5 Å². The Kier molecular flexibility index (Phi) is 3.88. The molecule has 2 heterocycles. The average molecular weight is 299 g/mol. The Balaban J connectivity index is 2.00. The molecule has 0 spiro atoms. The molecule has 1 aliphatic heterocycles. The van der Waals surface area contributed by atoms with Crippen molar-refractivity contribution in [3.63, 3.8) is 0 Å². The highest BCUT2D eigenvalue weighted by Crippen LogP contribution is 2.34. The minimum Gasteiger partial charge on any atom is -0.481 e. The largest absolute Gasteiger partial charge is 0.481 e. The van der Waals surface area contributed by atoms with E-state index in [1.807, 2.05) is 26.1 Å². The summed E-state index contributed by atoms with van der Waals surface area (Å²) in [5, 5.41) is 14.6. The van der Waals surface area contributed by atoms with E-state index in [1.54, 1.807) is 0 Å². The van der Waals surface area contributed by atoms with Gasteiger partial charge < -0.3 is 15.3 Å². The van der Waals surface area contributed by atoms with E-state index in [0.717, 1.165) is 41.1 Å². The van der Waals surface area contributed by atoms with E-state index in [-0.39, 0.29) is 5.92 Å². The SMILES string of the molecule is CNc1c(C)nc(N2CCC(C(=O)O)CC2)c2ccccc12. The van der Waals surface area contributed by atoms with Gasteiger partial charge in [0.15, 0.2) is 0 Å². The molecule has 0 saturated carbocycles. The van der Waals surface area contributed by atoms with Gasteiger partial charge in [-0.2, -0.15) is 0 Å². The Bertz CT molecular complexity index is 706. The molecule has 116 valence electrons. The number of hydrogen-bond acceptors (Lipinski definition) is 4. The first kappa shape index (κ1) is 14.6. The van der Waals surface area contributed by atoms with Gasteiger partial charge in [-0.3, -0.25) is 4.79 Å². The van der Waals surface area contributed by atoms with Gasteiger partial charge in [0.1, 0.15) is 5.82 Å². The number of aryl methyl sites for hydroxylation is 1. The highest BCUT2D eigenvalue weighted by atomic mass is 16.4. The van der Waals surface area contributed by atoms with Crippen LogP contribution in [0.3, 0.4) is 0 Å². The first-order valence-corrected chi connectivity index (χ1v) is 7.66. The Morgan fingerprint density at radius 1 is 1.27 bits per heavy atom. The molecule has 0 radical (unpaired) electrons. The summed E-state index contributed by atoms with van der Waals surface area (Å²) in [4.78, 5) is 18.1. The number of pyridine rings is 1. The van der Waals surface area contributed by atoms with Gasteiger partial charge in [-0.25, -0.2) is 4.98 Å². The van der Waals surface area contributed by atoms with Crippen molar-refractivity contribution in [2.75, 3.05) is 30.4 Å². The number of hydrogen-bond donors (Lipinski definition) is 2. The number of rotatable bonds is 3. The van der Waals surface area contributed by atoms with Gasteiger partial charge in [0.2, 0.25) is 0 Å². The summed E-state index contributed by atoms with van der Waals surface area (Å²) in [7, 11) is 1.91. The fourth-order valence-electron chi connectivity index (χ4n) is 3.26. The number of carbonyl (C=O) groups is 1. The second-order valence-corrected chi connectivity index (χ2v) is 5.79. The molecule has 0 atom stereocenters. The Labute approximate surface area is 130 Å². The Hall–Kier alpha value is -2.30. The highest BCUT2D eigenvalue weighted by Gasteiger charge is 2.26. The minimum absolute atomic E-state index is 0.222. The van der Waals surface area contributed by atoms with Crippen molar-refractivity contribution in [1.29, 1.82) is 0 Å². The number of carboxylic acid groups (broad SMARTS) is 1. The number of carboxylic acids is 1. The van der Waals surface area contributed by atoms with E-state index in [9.17, 15) is 4.79 Å². The first-order valence-electron chi connectivity index (χ1n) is 7.66. The Morgan fingerprint density at radius 3 is 2.50 bits per heavy atom. The molecular weight excluding hydrogens is 278 g/mol. The van der Waals surface area contributed by atoms with Crippen LogP contribution in [-0.2, 0) is 4.79 Å². The average Bonchev–Trinajstić information content (AvgIpc) is 2.54. The zero-order chi connectivity index (χ0) is 15.7. The number of nitrogens with zero attached hydrogens (tertiary/aromatic N) is 2. The fourth-order valence-corrected chi connectivity index (χ4v) is 3.26. The molecule has 5 heteroatoms. The van der Waals surface area contributed by atoms with Crippen LogP contribution in [0.25, 0.3) is 10.8 Å². The normalized spacial score (nSPS) is 16.0. The topological polar surface area (TPSA) is 65.5 Å². The standard InChI is InChI=1S/C17H21N3O2/c1-11-15(18-2)13-5-3-4-6-14(13)16(19-11)20-9-7-12(8-10-20)17(21)22/h3-6,12,18H,7-10H2,1-2H3,(H,21,22). The van der Waals surface area contributed by atoms with Crippen LogP contribution in [0, 0.1) is 12.8 Å². The van der Waals surface area contributed by atoms with Crippen LogP contribution < -0.4 is 10.2 Å². The van der Waals surface area contributed by atoms with Gasteiger partial charge in [-0.15, -0.1) is 0 Å². The lowest BCUT2D eigenvalue weighted by molar-refractivity contribution is -0.142. The number of piperidine rings is 1. The van der Waals surface area contributed by atoms with Crippen LogP contribution >= 0.6 is 0 Å². The molecule has 1 aromatic carbocycles. The number of nitrogens with one attached hydrogen (secondary N) is 1. The van der Waals surface area contributed by atoms with Crippen molar-refractivity contribution in [3.05, 3.63) is 30.0 Å². The summed E-state index contributed by atoms with van der Waals surface area (Å²) < 4.78 is 0. The molecule has 1 fully saturated rings. The van der Waals surface area contributed by atoms with Crippen molar-refractivity contribution in [3.8, 4) is 0 Å². The quantitative estimate of drug-likeness (QED) is 0.912. The molecule has 1 saturated heterocycles. The molecule has 2 aromatic rings. The lowest BCUT2D eigenvalue weighted by atomic mass is 9.96. The summed E-state index contributed by atoms with van der Waals surface area (Å²) in [5.41, 5.74) is 2.02. The van der Waals surface area contributed by atoms with E-state index in [2.05, 4.69) is 22.3 Å². The molecule has 3 rings (SSSR count). The molecule has 0 bridgehead atoms. The number of aliphatic carboxylic acids is 1. The van der Waals surface area contributed by atoms with Gasteiger partial charge >= 0.3 is 5.97 Å². The van der Waals surface area contributed by atoms with Crippen molar-refractivity contribution < 1.29 is 9.90 Å². The van der Waals surface area contributed by atoms with E-state index >= 15 is 0 Å². The summed E-state index contributed by atoms with van der Waals surface area (Å²) in [6.07, 6.45) is 1.36. The molecule has 1 aliphatic rings. The maximum Gasteiger partial charge on any atom is 0.306 e. The molecular formula is C17H21N3O2. The molecule has 22 heavy (non-hydrogen) atoms. The van der Waals surface area contributed by atoms with Gasteiger partial charge in [0.05, 0.1) is 17.3 Å². The van der Waals surface area contributed by atoms with Crippen LogP contribution in [-0.4, -0.2) is 36.2 Å². The van der Waals surface area contributed by atoms with Gasteiger partial charge in [-0.1, -0.05) is 24.3 Å². The molecule has 5 nitrogen and oxygen atoms in total. The third-order valence-electron chi connectivity index (χ3n) is 4.47. The zero-order valence-electron chi connectivity index (χ0n) is 13.0. The van der Waals surface area contributed by atoms with Crippen LogP contribution in [0.2, 0.25) is 0 Å². The summed E-state index contributed by atoms with van der Waals surface area (Å²) >= 11 is 0. The smallest absolute Gasteiger partial charge is 0.306 e. The number of aromatic nitrogens is 1. The molecule has 0 amide bonds. The van der Waals surface area contributed by atoms with Gasteiger partial charge in [-0.05, 0) is 19.8 Å². The minimum atomic E-state index is -0.681.